The summed E-state index contributed by atoms with van der Waals surface area (Å²) in [5.74, 6) is -1.23. The molecule has 10 heteroatoms. The van der Waals surface area contributed by atoms with Gasteiger partial charge >= 0.3 is 0 Å². The first-order valence-electron chi connectivity index (χ1n) is 13.6. The van der Waals surface area contributed by atoms with Crippen LogP contribution >= 0.6 is 0 Å². The van der Waals surface area contributed by atoms with Crippen LogP contribution in [0.15, 0.2) is 70.9 Å². The highest BCUT2D eigenvalue weighted by molar-refractivity contribution is 5.95. The molecule has 0 aliphatic rings. The van der Waals surface area contributed by atoms with Gasteiger partial charge in [0.25, 0.3) is 0 Å². The molecule has 0 heterocycles. The molecule has 0 spiro atoms. The van der Waals surface area contributed by atoms with Gasteiger partial charge in [-0.1, -0.05) is 59.7 Å². The number of nitrogens with zero attached hydrogens (tertiary/aromatic N) is 2. The van der Waals surface area contributed by atoms with Crippen molar-refractivity contribution in [3.05, 3.63) is 94.0 Å². The smallest absolute Gasteiger partial charge is 0.240 e. The molecule has 10 nitrogen and oxygen atoms in total. The van der Waals surface area contributed by atoms with E-state index in [1.54, 1.807) is 24.3 Å². The second-order valence-electron chi connectivity index (χ2n) is 9.99. The summed E-state index contributed by atoms with van der Waals surface area (Å²) < 4.78 is 0. The van der Waals surface area contributed by atoms with E-state index in [0.717, 1.165) is 44.8 Å². The Balaban J connectivity index is 1.33. The van der Waals surface area contributed by atoms with Crippen molar-refractivity contribution in [3.63, 3.8) is 0 Å². The highest BCUT2D eigenvalue weighted by Crippen LogP contribution is 2.17. The van der Waals surface area contributed by atoms with Crippen molar-refractivity contribution in [2.24, 2.45) is 10.2 Å². The predicted octanol–water partition coefficient (Wildman–Crippen LogP) is 4.66. The van der Waals surface area contributed by atoms with Gasteiger partial charge < -0.3 is 10.6 Å². The first-order chi connectivity index (χ1) is 20.1. The van der Waals surface area contributed by atoms with E-state index in [9.17, 15) is 19.2 Å². The Labute approximate surface area is 245 Å². The van der Waals surface area contributed by atoms with Crippen LogP contribution in [0.4, 0.5) is 11.4 Å². The van der Waals surface area contributed by atoms with Crippen LogP contribution in [0.1, 0.15) is 59.1 Å². The molecule has 0 fully saturated rings. The van der Waals surface area contributed by atoms with Gasteiger partial charge in [-0.25, -0.2) is 10.9 Å². The van der Waals surface area contributed by atoms with Crippen molar-refractivity contribution in [1.29, 1.82) is 0 Å². The van der Waals surface area contributed by atoms with Gasteiger partial charge in [0.1, 0.15) is 0 Å². The van der Waals surface area contributed by atoms with E-state index in [1.807, 2.05) is 64.1 Å². The number of benzene rings is 3. The lowest BCUT2D eigenvalue weighted by Gasteiger charge is -2.08. The van der Waals surface area contributed by atoms with Gasteiger partial charge in [-0.3, -0.25) is 19.2 Å². The number of anilines is 2. The highest BCUT2D eigenvalue weighted by atomic mass is 16.2. The molecule has 0 saturated heterocycles. The Hall–Kier alpha value is -5.12. The molecule has 0 radical (unpaired) electrons. The molecule has 4 N–H and O–H groups in total. The fourth-order valence-electron chi connectivity index (χ4n) is 3.92. The number of hydrazone groups is 2. The van der Waals surface area contributed by atoms with Crippen LogP contribution in [0.25, 0.3) is 0 Å². The lowest BCUT2D eigenvalue weighted by atomic mass is 10.1. The Bertz CT molecular complexity index is 1380. The summed E-state index contributed by atoms with van der Waals surface area (Å²) in [4.78, 5) is 48.4. The van der Waals surface area contributed by atoms with Crippen LogP contribution in [0.3, 0.4) is 0 Å². The lowest BCUT2D eigenvalue weighted by Crippen LogP contribution is -2.21. The minimum absolute atomic E-state index is 0.00624. The van der Waals surface area contributed by atoms with Crippen LogP contribution in [0, 0.1) is 27.7 Å². The molecule has 0 aromatic heterocycles. The summed E-state index contributed by atoms with van der Waals surface area (Å²) in [5.41, 5.74) is 11.9. The third kappa shape index (κ3) is 10.8. The van der Waals surface area contributed by atoms with Gasteiger partial charge in [0.15, 0.2) is 0 Å². The fraction of sp³-hybridized carbons (Fsp3) is 0.250. The van der Waals surface area contributed by atoms with E-state index in [-0.39, 0.29) is 49.3 Å². The molecular weight excluding hydrogens is 532 g/mol. The minimum Gasteiger partial charge on any atom is -0.326 e. The van der Waals surface area contributed by atoms with Crippen LogP contribution in [0.5, 0.6) is 0 Å². The molecule has 0 unspecified atom stereocenters. The molecule has 0 atom stereocenters. The van der Waals surface area contributed by atoms with Gasteiger partial charge in [0, 0.05) is 37.1 Å². The van der Waals surface area contributed by atoms with Gasteiger partial charge in [-0.2, -0.15) is 10.2 Å². The summed E-state index contributed by atoms with van der Waals surface area (Å²) in [6.07, 6.45) is 3.07. The quantitative estimate of drug-likeness (QED) is 0.186. The number of amides is 4. The number of carbonyl (C=O) groups excluding carboxylic acids is 4. The van der Waals surface area contributed by atoms with Crippen LogP contribution < -0.4 is 21.5 Å². The number of carbonyl (C=O) groups is 4. The molecule has 0 aliphatic heterocycles. The van der Waals surface area contributed by atoms with Gasteiger partial charge in [0.2, 0.25) is 23.6 Å². The largest absolute Gasteiger partial charge is 0.326 e. The summed E-state index contributed by atoms with van der Waals surface area (Å²) in [6, 6.07) is 18.6. The maximum absolute atomic E-state index is 12.2. The summed E-state index contributed by atoms with van der Waals surface area (Å²) >= 11 is 0. The number of rotatable bonds is 12. The van der Waals surface area contributed by atoms with Crippen molar-refractivity contribution in [1.82, 2.24) is 10.9 Å². The molecule has 218 valence electrons. The molecule has 3 aromatic rings. The van der Waals surface area contributed by atoms with Crippen LogP contribution in [-0.4, -0.2) is 36.1 Å². The maximum atomic E-state index is 12.2. The second kappa shape index (κ2) is 15.6. The zero-order chi connectivity index (χ0) is 30.5. The lowest BCUT2D eigenvalue weighted by molar-refractivity contribution is -0.124. The van der Waals surface area contributed by atoms with Crippen molar-refractivity contribution in [2.45, 2.75) is 53.4 Å². The average molecular weight is 569 g/mol. The molecule has 4 amide bonds. The van der Waals surface area contributed by atoms with E-state index >= 15 is 0 Å². The van der Waals surface area contributed by atoms with E-state index in [0.29, 0.717) is 0 Å². The van der Waals surface area contributed by atoms with Gasteiger partial charge in [0.05, 0.1) is 12.4 Å². The standard InChI is InChI=1S/C32H36N6O4/c1-21-5-11-27(23(3)17-21)35-29(39)13-15-31(41)37-33-19-25-7-9-26(10-8-25)20-34-38-32(42)16-14-30(40)36-28-12-6-22(2)18-24(28)4/h5-12,17-20H,13-16H2,1-4H3,(H,35,39)(H,36,40)(H,37,41)(H,38,42)/b33-19-,34-20-. The molecule has 3 aromatic carbocycles. The molecule has 0 saturated carbocycles. The topological polar surface area (TPSA) is 141 Å². The molecular formula is C32H36N6O4. The number of hydrogen-bond donors (Lipinski definition) is 4. The highest BCUT2D eigenvalue weighted by Gasteiger charge is 2.09. The zero-order valence-electron chi connectivity index (χ0n) is 24.3. The molecule has 3 rings (SSSR count). The number of aryl methyl sites for hydroxylation is 4. The molecule has 0 aliphatic carbocycles. The second-order valence-corrected chi connectivity index (χ2v) is 9.99. The van der Waals surface area contributed by atoms with Gasteiger partial charge in [-0.15, -0.1) is 0 Å². The molecule has 42 heavy (non-hydrogen) atoms. The number of nitrogens with one attached hydrogen (secondary N) is 4. The van der Waals surface area contributed by atoms with Gasteiger partial charge in [-0.05, 0) is 62.1 Å². The Kier molecular flexibility index (Phi) is 11.7. The monoisotopic (exact) mass is 568 g/mol. The average Bonchev–Trinajstić information content (AvgIpc) is 2.95. The van der Waals surface area contributed by atoms with Crippen molar-refractivity contribution in [3.8, 4) is 0 Å². The summed E-state index contributed by atoms with van der Waals surface area (Å²) in [6.45, 7) is 7.80. The first kappa shape index (κ1) is 31.4. The number of hydrogen-bond acceptors (Lipinski definition) is 6. The fourth-order valence-corrected chi connectivity index (χ4v) is 3.92. The zero-order valence-corrected chi connectivity index (χ0v) is 24.3. The Morgan fingerprint density at radius 3 is 1.26 bits per heavy atom. The van der Waals surface area contributed by atoms with E-state index < -0.39 is 0 Å². The summed E-state index contributed by atoms with van der Waals surface area (Å²) in [5, 5.41) is 13.5. The van der Waals surface area contributed by atoms with Crippen molar-refractivity contribution >= 4 is 47.4 Å². The SMILES string of the molecule is Cc1ccc(NC(=O)CCC(=O)N/N=C\c2ccc(/C=N\NC(=O)CCC(=O)Nc3ccc(C)cc3C)cc2)c(C)c1. The minimum atomic E-state index is -0.371. The first-order valence-corrected chi connectivity index (χ1v) is 13.6. The van der Waals surface area contributed by atoms with Crippen LogP contribution in [0.2, 0.25) is 0 Å². The van der Waals surface area contributed by atoms with E-state index in [1.165, 1.54) is 12.4 Å². The van der Waals surface area contributed by atoms with Crippen LogP contribution in [-0.2, 0) is 19.2 Å². The molecule has 0 bridgehead atoms. The van der Waals surface area contributed by atoms with Crippen molar-refractivity contribution in [2.75, 3.05) is 10.6 Å². The van der Waals surface area contributed by atoms with Crippen molar-refractivity contribution < 1.29 is 19.2 Å². The third-order valence-electron chi connectivity index (χ3n) is 6.21. The Morgan fingerprint density at radius 2 is 0.905 bits per heavy atom. The third-order valence-corrected chi connectivity index (χ3v) is 6.21. The Morgan fingerprint density at radius 1 is 0.548 bits per heavy atom. The predicted molar refractivity (Wildman–Crippen MR) is 165 cm³/mol. The maximum Gasteiger partial charge on any atom is 0.240 e. The van der Waals surface area contributed by atoms with E-state index in [2.05, 4.69) is 31.7 Å². The van der Waals surface area contributed by atoms with E-state index in [4.69, 9.17) is 0 Å². The normalized spacial score (nSPS) is 11.0. The summed E-state index contributed by atoms with van der Waals surface area (Å²) in [7, 11) is 0.